The first-order chi connectivity index (χ1) is 12.5. The fourth-order valence-corrected chi connectivity index (χ4v) is 2.29. The molecule has 0 amide bonds. The van der Waals surface area contributed by atoms with E-state index in [4.69, 9.17) is 18.9 Å². The van der Waals surface area contributed by atoms with Gasteiger partial charge in [-0.15, -0.1) is 0 Å². The zero-order chi connectivity index (χ0) is 19.1. The van der Waals surface area contributed by atoms with Gasteiger partial charge in [0.2, 0.25) is 5.75 Å². The smallest absolute Gasteiger partial charge is 0.336 e. The number of esters is 1. The van der Waals surface area contributed by atoms with Gasteiger partial charge in [-0.3, -0.25) is 4.79 Å². The molecule has 0 aliphatic rings. The first-order valence-electron chi connectivity index (χ1n) is 7.79. The third kappa shape index (κ3) is 4.63. The molecule has 0 spiro atoms. The molecular formula is C20H20O6. The van der Waals surface area contributed by atoms with Crippen LogP contribution in [0.1, 0.15) is 22.8 Å². The van der Waals surface area contributed by atoms with E-state index in [1.54, 1.807) is 36.4 Å². The minimum Gasteiger partial charge on any atom is -0.493 e. The van der Waals surface area contributed by atoms with Crippen LogP contribution in [-0.4, -0.2) is 33.1 Å². The zero-order valence-corrected chi connectivity index (χ0v) is 15.1. The fraction of sp³-hybridized carbons (Fsp3) is 0.200. The predicted octanol–water partition coefficient (Wildman–Crippen LogP) is 3.53. The minimum absolute atomic E-state index is 0.101. The Balaban J connectivity index is 2.17. The van der Waals surface area contributed by atoms with E-state index in [1.165, 1.54) is 40.4 Å². The summed E-state index contributed by atoms with van der Waals surface area (Å²) in [6.07, 6.45) is 2.85. The molecule has 0 unspecified atom stereocenters. The van der Waals surface area contributed by atoms with Gasteiger partial charge in [-0.2, -0.15) is 0 Å². The molecule has 6 heteroatoms. The summed E-state index contributed by atoms with van der Waals surface area (Å²) in [5, 5.41) is 0. The van der Waals surface area contributed by atoms with Gasteiger partial charge in [0.05, 0.1) is 21.3 Å². The first kappa shape index (κ1) is 19.1. The van der Waals surface area contributed by atoms with Crippen molar-refractivity contribution in [3.8, 4) is 23.0 Å². The van der Waals surface area contributed by atoms with Crippen molar-refractivity contribution in [2.45, 2.75) is 6.92 Å². The highest BCUT2D eigenvalue weighted by Gasteiger charge is 2.12. The van der Waals surface area contributed by atoms with Gasteiger partial charge < -0.3 is 18.9 Å². The van der Waals surface area contributed by atoms with Crippen LogP contribution in [0.25, 0.3) is 6.08 Å². The lowest BCUT2D eigenvalue weighted by Gasteiger charge is -2.12. The van der Waals surface area contributed by atoms with E-state index in [9.17, 15) is 9.59 Å². The largest absolute Gasteiger partial charge is 0.493 e. The van der Waals surface area contributed by atoms with Crippen LogP contribution in [0.15, 0.2) is 42.5 Å². The Morgan fingerprint density at radius 3 is 2.12 bits per heavy atom. The van der Waals surface area contributed by atoms with Gasteiger partial charge in [0.1, 0.15) is 5.75 Å². The quantitative estimate of drug-likeness (QED) is 0.327. The van der Waals surface area contributed by atoms with Crippen molar-refractivity contribution in [2.75, 3.05) is 21.3 Å². The molecule has 0 N–H and O–H groups in total. The van der Waals surface area contributed by atoms with E-state index < -0.39 is 5.97 Å². The normalized spacial score (nSPS) is 10.5. The molecular weight excluding hydrogens is 336 g/mol. The molecule has 136 valence electrons. The molecule has 0 atom stereocenters. The average Bonchev–Trinajstić information content (AvgIpc) is 2.65. The molecule has 6 nitrogen and oxygen atoms in total. The van der Waals surface area contributed by atoms with Crippen LogP contribution in [0, 0.1) is 0 Å². The molecule has 26 heavy (non-hydrogen) atoms. The van der Waals surface area contributed by atoms with Crippen molar-refractivity contribution < 1.29 is 28.5 Å². The summed E-state index contributed by atoms with van der Waals surface area (Å²) in [5.41, 5.74) is 1.15. The van der Waals surface area contributed by atoms with Gasteiger partial charge in [0, 0.05) is 11.6 Å². The Kier molecular flexibility index (Phi) is 6.38. The Labute approximate surface area is 151 Å². The highest BCUT2D eigenvalue weighted by atomic mass is 16.5. The predicted molar refractivity (Wildman–Crippen MR) is 97.2 cm³/mol. The summed E-state index contributed by atoms with van der Waals surface area (Å²) < 4.78 is 21.0. The summed E-state index contributed by atoms with van der Waals surface area (Å²) in [7, 11) is 4.55. The third-order valence-corrected chi connectivity index (χ3v) is 3.56. The SMILES string of the molecule is COc1cc(/C=C/C(=O)Oc2cccc(C(C)=O)c2)cc(OC)c1OC. The number of carbonyl (C=O) groups excluding carboxylic acids is 2. The number of benzene rings is 2. The van der Waals surface area contributed by atoms with E-state index in [0.717, 1.165) is 0 Å². The van der Waals surface area contributed by atoms with Crippen LogP contribution in [0.2, 0.25) is 0 Å². The van der Waals surface area contributed by atoms with Gasteiger partial charge in [0.25, 0.3) is 0 Å². The van der Waals surface area contributed by atoms with Crippen LogP contribution < -0.4 is 18.9 Å². The summed E-state index contributed by atoms with van der Waals surface area (Å²) >= 11 is 0. The van der Waals surface area contributed by atoms with Crippen molar-refractivity contribution in [2.24, 2.45) is 0 Å². The summed E-state index contributed by atoms with van der Waals surface area (Å²) in [4.78, 5) is 23.4. The first-order valence-corrected chi connectivity index (χ1v) is 7.79. The second kappa shape index (κ2) is 8.71. The van der Waals surface area contributed by atoms with Crippen LogP contribution in [-0.2, 0) is 4.79 Å². The Hall–Kier alpha value is -3.28. The molecule has 0 aliphatic carbocycles. The van der Waals surface area contributed by atoms with Crippen molar-refractivity contribution in [3.05, 3.63) is 53.6 Å². The van der Waals surface area contributed by atoms with Crippen LogP contribution in [0.3, 0.4) is 0 Å². The monoisotopic (exact) mass is 356 g/mol. The summed E-state index contributed by atoms with van der Waals surface area (Å²) in [5.74, 6) is 1.06. The molecule has 2 rings (SSSR count). The van der Waals surface area contributed by atoms with Gasteiger partial charge >= 0.3 is 5.97 Å². The third-order valence-electron chi connectivity index (χ3n) is 3.56. The molecule has 0 fully saturated rings. The van der Waals surface area contributed by atoms with E-state index >= 15 is 0 Å². The van der Waals surface area contributed by atoms with Crippen LogP contribution in [0.5, 0.6) is 23.0 Å². The molecule has 0 saturated carbocycles. The minimum atomic E-state index is -0.570. The molecule has 2 aromatic rings. The number of methoxy groups -OCH3 is 3. The van der Waals surface area contributed by atoms with Gasteiger partial charge in [-0.1, -0.05) is 12.1 Å². The van der Waals surface area contributed by atoms with Crippen LogP contribution >= 0.6 is 0 Å². The fourth-order valence-electron chi connectivity index (χ4n) is 2.29. The van der Waals surface area contributed by atoms with E-state index in [0.29, 0.717) is 34.1 Å². The highest BCUT2D eigenvalue weighted by molar-refractivity contribution is 5.95. The lowest BCUT2D eigenvalue weighted by molar-refractivity contribution is -0.128. The Morgan fingerprint density at radius 1 is 0.923 bits per heavy atom. The number of hydrogen-bond acceptors (Lipinski definition) is 6. The molecule has 0 saturated heterocycles. The van der Waals surface area contributed by atoms with Crippen molar-refractivity contribution in [3.63, 3.8) is 0 Å². The molecule has 0 heterocycles. The second-order valence-corrected chi connectivity index (χ2v) is 5.30. The topological polar surface area (TPSA) is 71.1 Å². The van der Waals surface area contributed by atoms with E-state index in [-0.39, 0.29) is 5.78 Å². The number of hydrogen-bond donors (Lipinski definition) is 0. The highest BCUT2D eigenvalue weighted by Crippen LogP contribution is 2.38. The number of Topliss-reactive ketones (excluding diaryl/α,β-unsaturated/α-hetero) is 1. The molecule has 0 aliphatic heterocycles. The van der Waals surface area contributed by atoms with Crippen molar-refractivity contribution in [1.29, 1.82) is 0 Å². The molecule has 0 bridgehead atoms. The number of carbonyl (C=O) groups is 2. The standard InChI is InChI=1S/C20H20O6/c1-13(21)15-6-5-7-16(12-15)26-19(22)9-8-14-10-17(23-2)20(25-4)18(11-14)24-3/h5-12H,1-4H3/b9-8+. The molecule has 0 aromatic heterocycles. The van der Waals surface area contributed by atoms with Crippen molar-refractivity contribution in [1.82, 2.24) is 0 Å². The van der Waals surface area contributed by atoms with E-state index in [2.05, 4.69) is 0 Å². The number of ether oxygens (including phenoxy) is 4. The van der Waals surface area contributed by atoms with Gasteiger partial charge in [0.15, 0.2) is 17.3 Å². The van der Waals surface area contributed by atoms with E-state index in [1.807, 2.05) is 0 Å². The van der Waals surface area contributed by atoms with Gasteiger partial charge in [-0.05, 0) is 42.8 Å². The summed E-state index contributed by atoms with van der Waals surface area (Å²) in [6, 6.07) is 9.86. The number of ketones is 1. The maximum atomic E-state index is 12.0. The Bertz CT molecular complexity index is 813. The lowest BCUT2D eigenvalue weighted by Crippen LogP contribution is -2.04. The van der Waals surface area contributed by atoms with Crippen LogP contribution in [0.4, 0.5) is 0 Å². The Morgan fingerprint density at radius 2 is 1.58 bits per heavy atom. The average molecular weight is 356 g/mol. The second-order valence-electron chi connectivity index (χ2n) is 5.30. The maximum absolute atomic E-state index is 12.0. The lowest BCUT2D eigenvalue weighted by atomic mass is 10.1. The molecule has 0 radical (unpaired) electrons. The van der Waals surface area contributed by atoms with Crippen molar-refractivity contribution >= 4 is 17.8 Å². The maximum Gasteiger partial charge on any atom is 0.336 e. The van der Waals surface area contributed by atoms with Gasteiger partial charge in [-0.25, -0.2) is 4.79 Å². The summed E-state index contributed by atoms with van der Waals surface area (Å²) in [6.45, 7) is 1.45. The zero-order valence-electron chi connectivity index (χ0n) is 15.1. The number of rotatable bonds is 7. The molecule has 2 aromatic carbocycles.